The molecule has 1 fully saturated rings. The van der Waals surface area contributed by atoms with Gasteiger partial charge in [-0.25, -0.2) is 4.98 Å². The van der Waals surface area contributed by atoms with Crippen molar-refractivity contribution in [1.82, 2.24) is 15.2 Å². The molecule has 0 amide bonds. The summed E-state index contributed by atoms with van der Waals surface area (Å²) in [5.41, 5.74) is 0.985. The van der Waals surface area contributed by atoms with Crippen LogP contribution in [-0.4, -0.2) is 56.4 Å². The summed E-state index contributed by atoms with van der Waals surface area (Å²) in [5, 5.41) is 3.37. The van der Waals surface area contributed by atoms with Gasteiger partial charge in [-0.2, -0.15) is 0 Å². The average Bonchev–Trinajstić information content (AvgIpc) is 2.39. The lowest BCUT2D eigenvalue weighted by molar-refractivity contribution is -0.0182. The van der Waals surface area contributed by atoms with E-state index in [0.717, 1.165) is 38.5 Å². The van der Waals surface area contributed by atoms with Crippen LogP contribution in [0.15, 0.2) is 18.2 Å². The highest BCUT2D eigenvalue weighted by molar-refractivity contribution is 5.15. The van der Waals surface area contributed by atoms with Gasteiger partial charge in [0.1, 0.15) is 0 Å². The quantitative estimate of drug-likeness (QED) is 0.826. The van der Waals surface area contributed by atoms with Crippen LogP contribution in [0.1, 0.15) is 5.69 Å². The summed E-state index contributed by atoms with van der Waals surface area (Å²) in [6.45, 7) is 4.41. The van der Waals surface area contributed by atoms with Gasteiger partial charge in [-0.1, -0.05) is 6.07 Å². The topological polar surface area (TPSA) is 46.6 Å². The molecule has 0 saturated carbocycles. The van der Waals surface area contributed by atoms with Crippen LogP contribution >= 0.6 is 0 Å². The Morgan fingerprint density at radius 1 is 1.56 bits per heavy atom. The highest BCUT2D eigenvalue weighted by Crippen LogP contribution is 2.06. The molecule has 0 aliphatic carbocycles. The fourth-order valence-electron chi connectivity index (χ4n) is 2.02. The fraction of sp³-hybridized carbons (Fsp3) is 0.615. The van der Waals surface area contributed by atoms with Crippen molar-refractivity contribution in [1.29, 1.82) is 0 Å². The van der Waals surface area contributed by atoms with Crippen LogP contribution in [0.3, 0.4) is 0 Å². The van der Waals surface area contributed by atoms with Gasteiger partial charge in [0.15, 0.2) is 0 Å². The lowest BCUT2D eigenvalue weighted by Crippen LogP contribution is -2.44. The Bertz CT molecular complexity index is 373. The van der Waals surface area contributed by atoms with Crippen LogP contribution in [0.5, 0.6) is 5.88 Å². The molecule has 1 atom stereocenters. The number of morpholine rings is 1. The predicted molar refractivity (Wildman–Crippen MR) is 69.7 cm³/mol. The summed E-state index contributed by atoms with van der Waals surface area (Å²) < 4.78 is 10.8. The lowest BCUT2D eigenvalue weighted by atomic mass is 10.2. The van der Waals surface area contributed by atoms with Crippen molar-refractivity contribution >= 4 is 0 Å². The first kappa shape index (κ1) is 13.3. The van der Waals surface area contributed by atoms with E-state index in [9.17, 15) is 0 Å². The average molecular weight is 251 g/mol. The van der Waals surface area contributed by atoms with Crippen LogP contribution < -0.4 is 10.1 Å². The molecule has 100 valence electrons. The zero-order valence-electron chi connectivity index (χ0n) is 11.1. The van der Waals surface area contributed by atoms with E-state index in [0.29, 0.717) is 5.88 Å². The molecule has 1 saturated heterocycles. The zero-order chi connectivity index (χ0) is 12.8. The molecule has 0 aromatic carbocycles. The molecule has 5 heteroatoms. The van der Waals surface area contributed by atoms with Crippen LogP contribution in [0, 0.1) is 0 Å². The van der Waals surface area contributed by atoms with E-state index in [4.69, 9.17) is 9.47 Å². The standard InChI is InChI=1S/C13H21N3O2/c1-16-6-7-18-12(10-16)9-14-8-11-4-3-5-13(15-11)17-2/h3-5,12,14H,6-10H2,1-2H3/t12-/m0/s1. The summed E-state index contributed by atoms with van der Waals surface area (Å²) in [6, 6.07) is 5.79. The van der Waals surface area contributed by atoms with Crippen molar-refractivity contribution in [3.8, 4) is 5.88 Å². The third kappa shape index (κ3) is 3.94. The van der Waals surface area contributed by atoms with Gasteiger partial charge in [-0.15, -0.1) is 0 Å². The molecule has 1 N–H and O–H groups in total. The van der Waals surface area contributed by atoms with E-state index in [2.05, 4.69) is 22.2 Å². The van der Waals surface area contributed by atoms with Gasteiger partial charge in [0.2, 0.25) is 5.88 Å². The van der Waals surface area contributed by atoms with Gasteiger partial charge in [-0.05, 0) is 13.1 Å². The van der Waals surface area contributed by atoms with E-state index in [1.165, 1.54) is 0 Å². The molecule has 0 bridgehead atoms. The smallest absolute Gasteiger partial charge is 0.213 e. The van der Waals surface area contributed by atoms with Gasteiger partial charge >= 0.3 is 0 Å². The molecule has 1 aliphatic heterocycles. The highest BCUT2D eigenvalue weighted by atomic mass is 16.5. The monoisotopic (exact) mass is 251 g/mol. The predicted octanol–water partition coefficient (Wildman–Crippen LogP) is 0.510. The molecule has 1 aromatic heterocycles. The van der Waals surface area contributed by atoms with Gasteiger partial charge in [-0.3, -0.25) is 0 Å². The maximum Gasteiger partial charge on any atom is 0.213 e. The van der Waals surface area contributed by atoms with Crippen LogP contribution in [0.2, 0.25) is 0 Å². The molecule has 18 heavy (non-hydrogen) atoms. The van der Waals surface area contributed by atoms with E-state index < -0.39 is 0 Å². The summed E-state index contributed by atoms with van der Waals surface area (Å²) in [7, 11) is 3.75. The van der Waals surface area contributed by atoms with Crippen molar-refractivity contribution in [3.63, 3.8) is 0 Å². The number of likely N-dealkylation sites (N-methyl/N-ethyl adjacent to an activating group) is 1. The normalized spacial score (nSPS) is 20.9. The molecule has 0 unspecified atom stereocenters. The Kier molecular flexibility index (Phi) is 4.92. The van der Waals surface area contributed by atoms with Crippen molar-refractivity contribution in [2.45, 2.75) is 12.6 Å². The number of hydrogen-bond donors (Lipinski definition) is 1. The van der Waals surface area contributed by atoms with E-state index in [-0.39, 0.29) is 6.10 Å². The zero-order valence-corrected chi connectivity index (χ0v) is 11.1. The molecule has 0 radical (unpaired) electrons. The Labute approximate surface area is 108 Å². The van der Waals surface area contributed by atoms with E-state index >= 15 is 0 Å². The maximum atomic E-state index is 5.68. The second kappa shape index (κ2) is 6.68. The Hall–Kier alpha value is -1.17. The van der Waals surface area contributed by atoms with Crippen LogP contribution in [0.25, 0.3) is 0 Å². The number of pyridine rings is 1. The molecule has 2 rings (SSSR count). The number of methoxy groups -OCH3 is 1. The molecule has 1 aromatic rings. The minimum Gasteiger partial charge on any atom is -0.481 e. The number of aromatic nitrogens is 1. The number of hydrogen-bond acceptors (Lipinski definition) is 5. The molecule has 1 aliphatic rings. The van der Waals surface area contributed by atoms with E-state index in [1.807, 2.05) is 18.2 Å². The van der Waals surface area contributed by atoms with Crippen molar-refractivity contribution in [2.75, 3.05) is 40.4 Å². The summed E-state index contributed by atoms with van der Waals surface area (Å²) >= 11 is 0. The summed E-state index contributed by atoms with van der Waals surface area (Å²) in [6.07, 6.45) is 0.273. The largest absolute Gasteiger partial charge is 0.481 e. The minimum atomic E-state index is 0.273. The summed E-state index contributed by atoms with van der Waals surface area (Å²) in [5.74, 6) is 0.656. The van der Waals surface area contributed by atoms with E-state index in [1.54, 1.807) is 7.11 Å². The number of ether oxygens (including phenoxy) is 2. The molecule has 0 spiro atoms. The SMILES string of the molecule is COc1cccc(CNC[C@H]2CN(C)CCO2)n1. The van der Waals surface area contributed by atoms with Crippen molar-refractivity contribution in [3.05, 3.63) is 23.9 Å². The first-order valence-corrected chi connectivity index (χ1v) is 6.28. The third-order valence-corrected chi connectivity index (χ3v) is 3.01. The Balaban J connectivity index is 1.74. The second-order valence-corrected chi connectivity index (χ2v) is 4.56. The second-order valence-electron chi connectivity index (χ2n) is 4.56. The first-order valence-electron chi connectivity index (χ1n) is 6.28. The Morgan fingerprint density at radius 3 is 3.22 bits per heavy atom. The summed E-state index contributed by atoms with van der Waals surface area (Å²) in [4.78, 5) is 6.64. The molecule has 2 heterocycles. The highest BCUT2D eigenvalue weighted by Gasteiger charge is 2.16. The number of nitrogens with one attached hydrogen (secondary N) is 1. The fourth-order valence-corrected chi connectivity index (χ4v) is 2.02. The number of rotatable bonds is 5. The molecular weight excluding hydrogens is 230 g/mol. The van der Waals surface area contributed by atoms with Crippen LogP contribution in [-0.2, 0) is 11.3 Å². The molecular formula is C13H21N3O2. The van der Waals surface area contributed by atoms with Gasteiger partial charge in [0.25, 0.3) is 0 Å². The van der Waals surface area contributed by atoms with Crippen molar-refractivity contribution in [2.24, 2.45) is 0 Å². The maximum absolute atomic E-state index is 5.68. The van der Waals surface area contributed by atoms with Crippen LogP contribution in [0.4, 0.5) is 0 Å². The Morgan fingerprint density at radius 2 is 2.44 bits per heavy atom. The van der Waals surface area contributed by atoms with Gasteiger partial charge in [0.05, 0.1) is 25.5 Å². The lowest BCUT2D eigenvalue weighted by Gasteiger charge is -2.30. The van der Waals surface area contributed by atoms with Gasteiger partial charge < -0.3 is 19.7 Å². The van der Waals surface area contributed by atoms with Crippen molar-refractivity contribution < 1.29 is 9.47 Å². The first-order chi connectivity index (χ1) is 8.78. The van der Waals surface area contributed by atoms with Gasteiger partial charge in [0, 0.05) is 32.2 Å². The molecule has 5 nitrogen and oxygen atoms in total. The minimum absolute atomic E-state index is 0.273. The number of nitrogens with zero attached hydrogens (tertiary/aromatic N) is 2. The third-order valence-electron chi connectivity index (χ3n) is 3.01.